The Morgan fingerprint density at radius 2 is 2.00 bits per heavy atom. The smallest absolute Gasteiger partial charge is 0.259 e. The third kappa shape index (κ3) is 2.87. The molecule has 0 saturated heterocycles. The SMILES string of the molecule is CCOc1cc(Cl)c(-c2nc3ccccc3c(=O)[nH]2)cc1OC. The fraction of sp³-hybridized carbons (Fsp3) is 0.176. The molecule has 0 atom stereocenters. The Morgan fingerprint density at radius 1 is 1.22 bits per heavy atom. The van der Waals surface area contributed by atoms with Crippen LogP contribution in [0.15, 0.2) is 41.2 Å². The summed E-state index contributed by atoms with van der Waals surface area (Å²) in [5.41, 5.74) is 0.972. The minimum atomic E-state index is -0.213. The van der Waals surface area contributed by atoms with Gasteiger partial charge in [0.1, 0.15) is 5.82 Å². The van der Waals surface area contributed by atoms with E-state index in [1.54, 1.807) is 37.4 Å². The van der Waals surface area contributed by atoms with Crippen molar-refractivity contribution in [3.63, 3.8) is 0 Å². The van der Waals surface area contributed by atoms with Gasteiger partial charge in [0, 0.05) is 11.6 Å². The summed E-state index contributed by atoms with van der Waals surface area (Å²) in [5, 5.41) is 0.956. The van der Waals surface area contributed by atoms with Gasteiger partial charge in [-0.3, -0.25) is 4.79 Å². The molecule has 3 aromatic rings. The van der Waals surface area contributed by atoms with Crippen molar-refractivity contribution in [1.29, 1.82) is 0 Å². The lowest BCUT2D eigenvalue weighted by atomic mass is 10.1. The molecule has 0 unspecified atom stereocenters. The number of halogens is 1. The van der Waals surface area contributed by atoms with Gasteiger partial charge in [-0.1, -0.05) is 23.7 Å². The minimum absolute atomic E-state index is 0.213. The van der Waals surface area contributed by atoms with Crippen LogP contribution in [0.3, 0.4) is 0 Å². The minimum Gasteiger partial charge on any atom is -0.493 e. The predicted octanol–water partition coefficient (Wildman–Crippen LogP) is 3.65. The lowest BCUT2D eigenvalue weighted by Crippen LogP contribution is -2.09. The van der Waals surface area contributed by atoms with E-state index in [1.807, 2.05) is 13.0 Å². The molecule has 6 heteroatoms. The Hall–Kier alpha value is -2.53. The molecule has 0 aliphatic carbocycles. The first-order valence-corrected chi connectivity index (χ1v) is 7.51. The second-order valence-electron chi connectivity index (χ2n) is 4.85. The number of fused-ring (bicyclic) bond motifs is 1. The maximum Gasteiger partial charge on any atom is 0.259 e. The molecular formula is C17H15ClN2O3. The summed E-state index contributed by atoms with van der Waals surface area (Å²) < 4.78 is 10.8. The number of benzene rings is 2. The molecule has 3 rings (SSSR count). The molecule has 0 fully saturated rings. The van der Waals surface area contributed by atoms with Crippen LogP contribution in [-0.2, 0) is 0 Å². The molecule has 0 spiro atoms. The highest BCUT2D eigenvalue weighted by Gasteiger charge is 2.14. The number of nitrogens with one attached hydrogen (secondary N) is 1. The van der Waals surface area contributed by atoms with Gasteiger partial charge in [-0.25, -0.2) is 4.98 Å². The third-order valence-corrected chi connectivity index (χ3v) is 3.73. The van der Waals surface area contributed by atoms with E-state index in [9.17, 15) is 4.79 Å². The van der Waals surface area contributed by atoms with Crippen LogP contribution in [0.1, 0.15) is 6.92 Å². The first kappa shape index (κ1) is 15.4. The molecule has 0 amide bonds. The molecule has 23 heavy (non-hydrogen) atoms. The van der Waals surface area contributed by atoms with Gasteiger partial charge in [-0.15, -0.1) is 0 Å². The molecular weight excluding hydrogens is 316 g/mol. The molecule has 0 aliphatic heterocycles. The van der Waals surface area contributed by atoms with E-state index in [0.29, 0.717) is 45.4 Å². The number of hydrogen-bond donors (Lipinski definition) is 1. The first-order valence-electron chi connectivity index (χ1n) is 7.13. The van der Waals surface area contributed by atoms with Crippen LogP contribution in [0, 0.1) is 0 Å². The average Bonchev–Trinajstić information content (AvgIpc) is 2.55. The predicted molar refractivity (Wildman–Crippen MR) is 90.5 cm³/mol. The maximum absolute atomic E-state index is 12.2. The number of H-pyrrole nitrogens is 1. The van der Waals surface area contributed by atoms with Crippen molar-refractivity contribution in [3.05, 3.63) is 51.8 Å². The van der Waals surface area contributed by atoms with Gasteiger partial charge in [0.2, 0.25) is 0 Å². The summed E-state index contributed by atoms with van der Waals surface area (Å²) in [5.74, 6) is 1.47. The zero-order valence-electron chi connectivity index (χ0n) is 12.7. The van der Waals surface area contributed by atoms with Gasteiger partial charge in [-0.2, -0.15) is 0 Å². The van der Waals surface area contributed by atoms with Crippen LogP contribution in [0.2, 0.25) is 5.02 Å². The van der Waals surface area contributed by atoms with Gasteiger partial charge in [-0.05, 0) is 25.1 Å². The van der Waals surface area contributed by atoms with E-state index < -0.39 is 0 Å². The van der Waals surface area contributed by atoms with Crippen LogP contribution in [0.4, 0.5) is 0 Å². The van der Waals surface area contributed by atoms with E-state index in [-0.39, 0.29) is 5.56 Å². The zero-order valence-corrected chi connectivity index (χ0v) is 13.5. The number of nitrogens with zero attached hydrogens (tertiary/aromatic N) is 1. The molecule has 1 N–H and O–H groups in total. The summed E-state index contributed by atoms with van der Waals surface area (Å²) >= 11 is 6.33. The van der Waals surface area contributed by atoms with Gasteiger partial charge in [0.25, 0.3) is 5.56 Å². The van der Waals surface area contributed by atoms with Crippen LogP contribution in [0.5, 0.6) is 11.5 Å². The van der Waals surface area contributed by atoms with Crippen LogP contribution in [-0.4, -0.2) is 23.7 Å². The van der Waals surface area contributed by atoms with E-state index >= 15 is 0 Å². The second kappa shape index (κ2) is 6.30. The van der Waals surface area contributed by atoms with E-state index in [4.69, 9.17) is 21.1 Å². The highest BCUT2D eigenvalue weighted by Crippen LogP contribution is 2.37. The zero-order chi connectivity index (χ0) is 16.4. The number of hydrogen-bond acceptors (Lipinski definition) is 4. The van der Waals surface area contributed by atoms with Crippen molar-refractivity contribution in [3.8, 4) is 22.9 Å². The molecule has 5 nitrogen and oxygen atoms in total. The van der Waals surface area contributed by atoms with Crippen molar-refractivity contribution in [2.75, 3.05) is 13.7 Å². The largest absolute Gasteiger partial charge is 0.493 e. The second-order valence-corrected chi connectivity index (χ2v) is 5.25. The molecule has 0 saturated carbocycles. The number of aromatic nitrogens is 2. The summed E-state index contributed by atoms with van der Waals surface area (Å²) in [6.45, 7) is 2.38. The number of methoxy groups -OCH3 is 1. The van der Waals surface area contributed by atoms with E-state index in [1.165, 1.54) is 0 Å². The standard InChI is InChI=1S/C17H15ClN2O3/c1-3-23-15-9-12(18)11(8-14(15)22-2)16-19-13-7-5-4-6-10(13)17(21)20-16/h4-9H,3H2,1-2H3,(H,19,20,21). The van der Waals surface area contributed by atoms with Gasteiger partial charge in [0.15, 0.2) is 11.5 Å². The lowest BCUT2D eigenvalue weighted by molar-refractivity contribution is 0.311. The van der Waals surface area contributed by atoms with Crippen molar-refractivity contribution in [2.24, 2.45) is 0 Å². The molecule has 1 aromatic heterocycles. The summed E-state index contributed by atoms with van der Waals surface area (Å²) in [6, 6.07) is 10.5. The van der Waals surface area contributed by atoms with Crippen molar-refractivity contribution in [1.82, 2.24) is 9.97 Å². The van der Waals surface area contributed by atoms with Crippen LogP contribution < -0.4 is 15.0 Å². The van der Waals surface area contributed by atoms with Gasteiger partial charge < -0.3 is 14.5 Å². The van der Waals surface area contributed by atoms with E-state index in [0.717, 1.165) is 0 Å². The normalized spacial score (nSPS) is 10.7. The fourth-order valence-electron chi connectivity index (χ4n) is 2.36. The fourth-order valence-corrected chi connectivity index (χ4v) is 2.60. The van der Waals surface area contributed by atoms with Crippen LogP contribution >= 0.6 is 11.6 Å². The molecule has 0 bridgehead atoms. The van der Waals surface area contributed by atoms with Gasteiger partial charge in [0.05, 0.1) is 29.6 Å². The highest BCUT2D eigenvalue weighted by molar-refractivity contribution is 6.33. The third-order valence-electron chi connectivity index (χ3n) is 3.42. The summed E-state index contributed by atoms with van der Waals surface area (Å²) in [4.78, 5) is 19.5. The maximum atomic E-state index is 12.2. The van der Waals surface area contributed by atoms with Crippen molar-refractivity contribution >= 4 is 22.5 Å². The lowest BCUT2D eigenvalue weighted by Gasteiger charge is -2.12. The Bertz CT molecular complexity index is 921. The monoisotopic (exact) mass is 330 g/mol. The average molecular weight is 331 g/mol. The number of para-hydroxylation sites is 1. The van der Waals surface area contributed by atoms with Gasteiger partial charge >= 0.3 is 0 Å². The number of ether oxygens (including phenoxy) is 2. The number of rotatable bonds is 4. The van der Waals surface area contributed by atoms with Crippen molar-refractivity contribution in [2.45, 2.75) is 6.92 Å². The Morgan fingerprint density at radius 3 is 2.74 bits per heavy atom. The quantitative estimate of drug-likeness (QED) is 0.793. The molecule has 0 radical (unpaired) electrons. The topological polar surface area (TPSA) is 64.2 Å². The Kier molecular flexibility index (Phi) is 4.21. The molecule has 2 aromatic carbocycles. The molecule has 1 heterocycles. The van der Waals surface area contributed by atoms with Crippen molar-refractivity contribution < 1.29 is 9.47 Å². The highest BCUT2D eigenvalue weighted by atomic mass is 35.5. The summed E-state index contributed by atoms with van der Waals surface area (Å²) in [7, 11) is 1.55. The van der Waals surface area contributed by atoms with Crippen LogP contribution in [0.25, 0.3) is 22.3 Å². The molecule has 0 aliphatic rings. The summed E-state index contributed by atoms with van der Waals surface area (Å²) in [6.07, 6.45) is 0. The number of aromatic amines is 1. The Labute approximate surface area is 137 Å². The van der Waals surface area contributed by atoms with E-state index in [2.05, 4.69) is 9.97 Å². The Balaban J connectivity index is 2.20. The first-order chi connectivity index (χ1) is 11.1. The molecule has 118 valence electrons.